The Kier molecular flexibility index (Phi) is 6.02. The van der Waals surface area contributed by atoms with Crippen molar-refractivity contribution in [3.05, 3.63) is 94.3 Å². The summed E-state index contributed by atoms with van der Waals surface area (Å²) in [5.41, 5.74) is 2.84. The molecular weight excluding hydrogens is 403 g/mol. The van der Waals surface area contributed by atoms with Crippen molar-refractivity contribution in [3.63, 3.8) is 0 Å². The fourth-order valence-electron chi connectivity index (χ4n) is 3.65. The predicted octanol–water partition coefficient (Wildman–Crippen LogP) is 5.81. The van der Waals surface area contributed by atoms with Gasteiger partial charge in [0.15, 0.2) is 0 Å². The predicted molar refractivity (Wildman–Crippen MR) is 117 cm³/mol. The van der Waals surface area contributed by atoms with E-state index in [-0.39, 0.29) is 17.6 Å². The zero-order valence-electron chi connectivity index (χ0n) is 16.5. The lowest BCUT2D eigenvalue weighted by Gasteiger charge is -2.31. The van der Waals surface area contributed by atoms with E-state index < -0.39 is 6.17 Å². The van der Waals surface area contributed by atoms with Gasteiger partial charge in [0.25, 0.3) is 0 Å². The largest absolute Gasteiger partial charge is 0.508 e. The number of hydrogen-bond donors (Lipinski definition) is 2. The molecule has 0 saturated carbocycles. The quantitative estimate of drug-likeness (QED) is 0.543. The van der Waals surface area contributed by atoms with Gasteiger partial charge in [0, 0.05) is 34.3 Å². The lowest BCUT2D eigenvalue weighted by Crippen LogP contribution is -2.33. The molecule has 0 aromatic heterocycles. The van der Waals surface area contributed by atoms with Gasteiger partial charge in [-0.25, -0.2) is 4.39 Å². The molecule has 3 aromatic rings. The lowest BCUT2D eigenvalue weighted by molar-refractivity contribution is 0.340. The minimum absolute atomic E-state index is 0.136. The first-order valence-electron chi connectivity index (χ1n) is 9.84. The van der Waals surface area contributed by atoms with Crippen molar-refractivity contribution in [1.82, 2.24) is 5.32 Å². The molecule has 1 heterocycles. The first-order chi connectivity index (χ1) is 14.5. The molecule has 0 aliphatic carbocycles. The standard InChI is InChI=1S/C24H22ClFN2O2/c1-2-30-17-10-7-15(8-11-17)21-14-22(19-13-16(25)9-12-23(19)29)28-24(27-21)18-5-3-4-6-20(18)26/h3-13,22,24,28-29H,2,14H2,1H3. The summed E-state index contributed by atoms with van der Waals surface area (Å²) in [4.78, 5) is 4.80. The van der Waals surface area contributed by atoms with Gasteiger partial charge in [-0.3, -0.25) is 10.3 Å². The molecule has 4 nitrogen and oxygen atoms in total. The zero-order valence-corrected chi connectivity index (χ0v) is 17.2. The third-order valence-electron chi connectivity index (χ3n) is 5.10. The molecule has 30 heavy (non-hydrogen) atoms. The summed E-state index contributed by atoms with van der Waals surface area (Å²) < 4.78 is 20.0. The summed E-state index contributed by atoms with van der Waals surface area (Å²) >= 11 is 6.17. The average molecular weight is 425 g/mol. The van der Waals surface area contributed by atoms with Gasteiger partial charge in [0.1, 0.15) is 23.5 Å². The first-order valence-corrected chi connectivity index (χ1v) is 10.2. The number of rotatable bonds is 5. The number of halogens is 2. The maximum absolute atomic E-state index is 14.5. The number of hydrogen-bond acceptors (Lipinski definition) is 4. The van der Waals surface area contributed by atoms with Gasteiger partial charge in [0.2, 0.25) is 0 Å². The summed E-state index contributed by atoms with van der Waals surface area (Å²) in [7, 11) is 0. The Morgan fingerprint density at radius 1 is 1.10 bits per heavy atom. The number of phenolic OH excluding ortho intramolecular Hbond substituents is 1. The molecule has 3 aromatic carbocycles. The van der Waals surface area contributed by atoms with Crippen LogP contribution in [0, 0.1) is 5.82 Å². The third kappa shape index (κ3) is 4.32. The van der Waals surface area contributed by atoms with Crippen molar-refractivity contribution in [1.29, 1.82) is 0 Å². The van der Waals surface area contributed by atoms with E-state index in [9.17, 15) is 9.50 Å². The van der Waals surface area contributed by atoms with Crippen LogP contribution < -0.4 is 10.1 Å². The Balaban J connectivity index is 1.75. The van der Waals surface area contributed by atoms with Gasteiger partial charge in [-0.05, 0) is 61.0 Å². The Morgan fingerprint density at radius 2 is 1.87 bits per heavy atom. The van der Waals surface area contributed by atoms with Gasteiger partial charge < -0.3 is 9.84 Å². The Morgan fingerprint density at radius 3 is 2.60 bits per heavy atom. The van der Waals surface area contributed by atoms with E-state index in [0.29, 0.717) is 29.2 Å². The highest BCUT2D eigenvalue weighted by Crippen LogP contribution is 2.36. The molecule has 2 atom stereocenters. The number of ether oxygens (including phenoxy) is 1. The number of phenols is 1. The van der Waals surface area contributed by atoms with Crippen LogP contribution in [0.5, 0.6) is 11.5 Å². The van der Waals surface area contributed by atoms with Crippen LogP contribution in [0.15, 0.2) is 71.7 Å². The maximum atomic E-state index is 14.5. The molecule has 1 aliphatic heterocycles. The molecular formula is C24H22ClFN2O2. The van der Waals surface area contributed by atoms with Crippen LogP contribution in [0.3, 0.4) is 0 Å². The number of benzene rings is 3. The van der Waals surface area contributed by atoms with Crippen molar-refractivity contribution in [3.8, 4) is 11.5 Å². The van der Waals surface area contributed by atoms with Gasteiger partial charge in [-0.1, -0.05) is 29.8 Å². The van der Waals surface area contributed by atoms with Crippen molar-refractivity contribution in [2.45, 2.75) is 25.6 Å². The first kappa shape index (κ1) is 20.4. The Bertz CT molecular complexity index is 1070. The Hall–Kier alpha value is -2.89. The van der Waals surface area contributed by atoms with E-state index in [1.54, 1.807) is 36.4 Å². The highest BCUT2D eigenvalue weighted by Gasteiger charge is 2.29. The average Bonchev–Trinajstić information content (AvgIpc) is 2.76. The molecule has 2 N–H and O–H groups in total. The second kappa shape index (κ2) is 8.86. The van der Waals surface area contributed by atoms with E-state index in [2.05, 4.69) is 5.32 Å². The van der Waals surface area contributed by atoms with Crippen LogP contribution in [-0.2, 0) is 0 Å². The molecule has 0 saturated heterocycles. The molecule has 0 amide bonds. The highest BCUT2D eigenvalue weighted by molar-refractivity contribution is 6.30. The van der Waals surface area contributed by atoms with Crippen molar-refractivity contribution in [2.24, 2.45) is 4.99 Å². The van der Waals surface area contributed by atoms with Crippen molar-refractivity contribution in [2.75, 3.05) is 6.61 Å². The van der Waals surface area contributed by atoms with Crippen molar-refractivity contribution < 1.29 is 14.2 Å². The highest BCUT2D eigenvalue weighted by atomic mass is 35.5. The van der Waals surface area contributed by atoms with E-state index in [1.807, 2.05) is 31.2 Å². The molecule has 2 unspecified atom stereocenters. The lowest BCUT2D eigenvalue weighted by atomic mass is 9.93. The third-order valence-corrected chi connectivity index (χ3v) is 5.34. The van der Waals surface area contributed by atoms with Gasteiger partial charge in [-0.15, -0.1) is 0 Å². The SMILES string of the molecule is CCOc1ccc(C2=NC(c3ccccc3F)NC(c3cc(Cl)ccc3O)C2)cc1. The van der Waals surface area contributed by atoms with E-state index >= 15 is 0 Å². The molecule has 0 fully saturated rings. The minimum atomic E-state index is -0.593. The zero-order chi connectivity index (χ0) is 21.1. The molecule has 1 aliphatic rings. The van der Waals surface area contributed by atoms with E-state index in [0.717, 1.165) is 17.0 Å². The molecule has 0 radical (unpaired) electrons. The second-order valence-corrected chi connectivity index (χ2v) is 7.52. The van der Waals surface area contributed by atoms with Crippen LogP contribution in [0.1, 0.15) is 42.2 Å². The monoisotopic (exact) mass is 424 g/mol. The molecule has 4 rings (SSSR count). The summed E-state index contributed by atoms with van der Waals surface area (Å²) in [6.45, 7) is 2.53. The number of nitrogens with one attached hydrogen (secondary N) is 1. The second-order valence-electron chi connectivity index (χ2n) is 7.08. The number of nitrogens with zero attached hydrogens (tertiary/aromatic N) is 1. The number of aliphatic imine (C=N–C) groups is 1. The molecule has 154 valence electrons. The van der Waals surface area contributed by atoms with Crippen LogP contribution in [0.25, 0.3) is 0 Å². The molecule has 0 spiro atoms. The fraction of sp³-hybridized carbons (Fsp3) is 0.208. The van der Waals surface area contributed by atoms with Gasteiger partial charge in [-0.2, -0.15) is 0 Å². The smallest absolute Gasteiger partial charge is 0.129 e. The van der Waals surface area contributed by atoms with E-state index in [1.165, 1.54) is 6.07 Å². The molecule has 6 heteroatoms. The summed E-state index contributed by atoms with van der Waals surface area (Å²) in [6, 6.07) is 18.9. The Labute approximate surface area is 180 Å². The summed E-state index contributed by atoms with van der Waals surface area (Å²) in [6.07, 6.45) is -0.0720. The van der Waals surface area contributed by atoms with Crippen LogP contribution in [-0.4, -0.2) is 17.4 Å². The maximum Gasteiger partial charge on any atom is 0.129 e. The topological polar surface area (TPSA) is 53.8 Å². The van der Waals surface area contributed by atoms with Crippen LogP contribution in [0.4, 0.5) is 4.39 Å². The van der Waals surface area contributed by atoms with Gasteiger partial charge in [0.05, 0.1) is 6.61 Å². The molecule has 0 bridgehead atoms. The van der Waals surface area contributed by atoms with Gasteiger partial charge >= 0.3 is 0 Å². The summed E-state index contributed by atoms with van der Waals surface area (Å²) in [5.74, 6) is 0.586. The van der Waals surface area contributed by atoms with Crippen LogP contribution >= 0.6 is 11.6 Å². The van der Waals surface area contributed by atoms with Crippen molar-refractivity contribution >= 4 is 17.3 Å². The fourth-order valence-corrected chi connectivity index (χ4v) is 3.83. The van der Waals surface area contributed by atoms with E-state index in [4.69, 9.17) is 21.3 Å². The normalized spacial score (nSPS) is 18.7. The minimum Gasteiger partial charge on any atom is -0.508 e. The number of aromatic hydroxyl groups is 1. The summed E-state index contributed by atoms with van der Waals surface area (Å²) in [5, 5.41) is 14.3. The van der Waals surface area contributed by atoms with Crippen LogP contribution in [0.2, 0.25) is 5.02 Å².